The summed E-state index contributed by atoms with van der Waals surface area (Å²) in [6.45, 7) is 5.81. The number of hydrogen-bond donors (Lipinski definition) is 3. The van der Waals surface area contributed by atoms with E-state index in [0.717, 1.165) is 11.3 Å². The number of nitrogens with two attached hydrogens (primary N) is 1. The molecule has 0 aliphatic heterocycles. The number of rotatable bonds is 9. The monoisotopic (exact) mass is 353 g/mol. The highest BCUT2D eigenvalue weighted by molar-refractivity contribution is 5.95. The van der Waals surface area contributed by atoms with Crippen LogP contribution in [0, 0.1) is 0 Å². The molecular formula is C15H20ClN5O3. The van der Waals surface area contributed by atoms with Crippen molar-refractivity contribution in [2.75, 3.05) is 25.4 Å². The normalized spacial score (nSPS) is 9.83. The van der Waals surface area contributed by atoms with Crippen LogP contribution in [0.15, 0.2) is 41.5 Å². The van der Waals surface area contributed by atoms with Gasteiger partial charge in [-0.3, -0.25) is 4.79 Å². The van der Waals surface area contributed by atoms with Gasteiger partial charge in [-0.1, -0.05) is 24.8 Å². The van der Waals surface area contributed by atoms with E-state index in [-0.39, 0.29) is 23.9 Å². The fraction of sp³-hybridized carbons (Fsp3) is 0.267. The van der Waals surface area contributed by atoms with Crippen molar-refractivity contribution in [3.8, 4) is 5.75 Å². The molecule has 8 nitrogen and oxygen atoms in total. The second-order valence-corrected chi connectivity index (χ2v) is 4.67. The number of ether oxygens (including phenoxy) is 1. The molecule has 0 bridgehead atoms. The number of carbonyl (C=O) groups excluding carboxylic acids is 1. The molecule has 0 spiro atoms. The van der Waals surface area contributed by atoms with Crippen molar-refractivity contribution in [2.45, 2.75) is 6.54 Å². The number of aromatic nitrogens is 2. The Kier molecular flexibility index (Phi) is 8.31. The van der Waals surface area contributed by atoms with E-state index in [1.807, 2.05) is 24.3 Å². The summed E-state index contributed by atoms with van der Waals surface area (Å²) in [4.78, 5) is 11.7. The van der Waals surface area contributed by atoms with Crippen LogP contribution >= 0.6 is 12.4 Å². The average Bonchev–Trinajstić information content (AvgIpc) is 2.99. The lowest BCUT2D eigenvalue weighted by atomic mass is 10.2. The number of nitrogens with zero attached hydrogens (tertiary/aromatic N) is 2. The Hall–Kier alpha value is -2.58. The highest BCUT2D eigenvalue weighted by Crippen LogP contribution is 2.11. The van der Waals surface area contributed by atoms with E-state index in [9.17, 15) is 4.79 Å². The first-order chi connectivity index (χ1) is 11.2. The van der Waals surface area contributed by atoms with Gasteiger partial charge in [-0.2, -0.15) is 0 Å². The molecule has 1 amide bonds. The van der Waals surface area contributed by atoms with Crippen LogP contribution in [0.3, 0.4) is 0 Å². The summed E-state index contributed by atoms with van der Waals surface area (Å²) in [6, 6.07) is 7.77. The van der Waals surface area contributed by atoms with Crippen LogP contribution in [-0.4, -0.2) is 35.9 Å². The summed E-state index contributed by atoms with van der Waals surface area (Å²) >= 11 is 0. The summed E-state index contributed by atoms with van der Waals surface area (Å²) in [5.41, 5.74) is 6.55. The number of nitrogen functional groups attached to an aromatic ring is 1. The highest BCUT2D eigenvalue weighted by Gasteiger charge is 2.14. The zero-order valence-corrected chi connectivity index (χ0v) is 13.8. The van der Waals surface area contributed by atoms with Crippen molar-refractivity contribution in [1.29, 1.82) is 0 Å². The molecule has 0 unspecified atom stereocenters. The van der Waals surface area contributed by atoms with Crippen LogP contribution in [0.1, 0.15) is 16.1 Å². The number of benzene rings is 1. The van der Waals surface area contributed by atoms with Crippen LogP contribution in [0.4, 0.5) is 5.82 Å². The Morgan fingerprint density at radius 2 is 2.04 bits per heavy atom. The first kappa shape index (κ1) is 19.5. The number of carbonyl (C=O) groups is 1. The number of anilines is 1. The lowest BCUT2D eigenvalue weighted by molar-refractivity contribution is 0.0944. The molecule has 1 heterocycles. The van der Waals surface area contributed by atoms with E-state index in [0.29, 0.717) is 26.2 Å². The Bertz CT molecular complexity index is 645. The quantitative estimate of drug-likeness (QED) is 0.457. The van der Waals surface area contributed by atoms with Crippen molar-refractivity contribution in [3.05, 3.63) is 48.2 Å². The van der Waals surface area contributed by atoms with E-state index in [4.69, 9.17) is 10.5 Å². The van der Waals surface area contributed by atoms with E-state index in [1.165, 1.54) is 0 Å². The van der Waals surface area contributed by atoms with Gasteiger partial charge in [-0.15, -0.1) is 12.4 Å². The van der Waals surface area contributed by atoms with Crippen LogP contribution in [0.2, 0.25) is 0 Å². The molecule has 0 radical (unpaired) electrons. The minimum absolute atomic E-state index is 0. The minimum Gasteiger partial charge on any atom is -0.490 e. The standard InChI is InChI=1S/C15H19N5O3.ClH/c1-2-9-22-12-5-3-11(4-6-12)10-17-7-8-18-15(21)13-14(16)20-23-19-13;/h2-6,17H,1,7-10H2,(H2,16,20)(H,18,21);1H. The maximum absolute atomic E-state index is 11.7. The van der Waals surface area contributed by atoms with Crippen molar-refractivity contribution in [2.24, 2.45) is 0 Å². The Morgan fingerprint density at radius 3 is 2.67 bits per heavy atom. The van der Waals surface area contributed by atoms with E-state index in [1.54, 1.807) is 6.08 Å². The SMILES string of the molecule is C=CCOc1ccc(CNCCNC(=O)c2nonc2N)cc1.Cl. The largest absolute Gasteiger partial charge is 0.490 e. The Morgan fingerprint density at radius 1 is 1.29 bits per heavy atom. The van der Waals surface area contributed by atoms with E-state index < -0.39 is 5.91 Å². The first-order valence-corrected chi connectivity index (χ1v) is 7.10. The minimum atomic E-state index is -0.408. The molecule has 0 aliphatic carbocycles. The first-order valence-electron chi connectivity index (χ1n) is 7.10. The summed E-state index contributed by atoms with van der Waals surface area (Å²) < 4.78 is 9.78. The van der Waals surface area contributed by atoms with Gasteiger partial charge in [0.1, 0.15) is 12.4 Å². The third kappa shape index (κ3) is 5.90. The topological polar surface area (TPSA) is 115 Å². The highest BCUT2D eigenvalue weighted by atomic mass is 35.5. The molecular weight excluding hydrogens is 334 g/mol. The van der Waals surface area contributed by atoms with Crippen LogP contribution in [-0.2, 0) is 6.54 Å². The molecule has 0 saturated carbocycles. The van der Waals surface area contributed by atoms with Gasteiger partial charge in [0.2, 0.25) is 11.5 Å². The van der Waals surface area contributed by atoms with Crippen LogP contribution in [0.5, 0.6) is 5.75 Å². The third-order valence-electron chi connectivity index (χ3n) is 2.94. The molecule has 1 aromatic carbocycles. The number of amides is 1. The number of hydrogen-bond acceptors (Lipinski definition) is 7. The van der Waals surface area contributed by atoms with Crippen molar-refractivity contribution < 1.29 is 14.2 Å². The second kappa shape index (κ2) is 10.2. The Balaban J connectivity index is 0.00000288. The molecule has 24 heavy (non-hydrogen) atoms. The third-order valence-corrected chi connectivity index (χ3v) is 2.94. The van der Waals surface area contributed by atoms with Crippen molar-refractivity contribution >= 4 is 24.1 Å². The molecule has 130 valence electrons. The fourth-order valence-electron chi connectivity index (χ4n) is 1.79. The van der Waals surface area contributed by atoms with Crippen molar-refractivity contribution in [1.82, 2.24) is 20.9 Å². The number of halogens is 1. The molecule has 2 rings (SSSR count). The molecule has 9 heteroatoms. The Labute approximate surface area is 145 Å². The lowest BCUT2D eigenvalue weighted by Gasteiger charge is -2.07. The number of nitrogens with one attached hydrogen (secondary N) is 2. The predicted octanol–water partition coefficient (Wildman–Crippen LogP) is 1.16. The summed E-state index contributed by atoms with van der Waals surface area (Å²) in [6.07, 6.45) is 1.70. The van der Waals surface area contributed by atoms with Gasteiger partial charge in [0.15, 0.2) is 0 Å². The zero-order valence-electron chi connectivity index (χ0n) is 13.0. The maximum atomic E-state index is 11.7. The van der Waals surface area contributed by atoms with E-state index >= 15 is 0 Å². The smallest absolute Gasteiger partial charge is 0.277 e. The fourth-order valence-corrected chi connectivity index (χ4v) is 1.79. The summed E-state index contributed by atoms with van der Waals surface area (Å²) in [5.74, 6) is 0.378. The molecule has 0 saturated heterocycles. The lowest BCUT2D eigenvalue weighted by Crippen LogP contribution is -2.32. The van der Waals surface area contributed by atoms with Crippen LogP contribution in [0.25, 0.3) is 0 Å². The van der Waals surface area contributed by atoms with E-state index in [2.05, 4.69) is 32.2 Å². The molecule has 0 fully saturated rings. The molecule has 1 aromatic heterocycles. The van der Waals surface area contributed by atoms with Gasteiger partial charge in [0, 0.05) is 19.6 Å². The van der Waals surface area contributed by atoms with Gasteiger partial charge in [-0.25, -0.2) is 4.63 Å². The molecule has 0 aliphatic rings. The van der Waals surface area contributed by atoms with Gasteiger partial charge in [-0.05, 0) is 28.0 Å². The van der Waals surface area contributed by atoms with Gasteiger partial charge in [0.05, 0.1) is 0 Å². The van der Waals surface area contributed by atoms with Crippen LogP contribution < -0.4 is 21.1 Å². The molecule has 4 N–H and O–H groups in total. The summed E-state index contributed by atoms with van der Waals surface area (Å²) in [7, 11) is 0. The molecule has 2 aromatic rings. The zero-order chi connectivity index (χ0) is 16.5. The predicted molar refractivity (Wildman–Crippen MR) is 92.1 cm³/mol. The van der Waals surface area contributed by atoms with Gasteiger partial charge < -0.3 is 21.1 Å². The molecule has 0 atom stereocenters. The average molecular weight is 354 g/mol. The van der Waals surface area contributed by atoms with Crippen molar-refractivity contribution in [3.63, 3.8) is 0 Å². The second-order valence-electron chi connectivity index (χ2n) is 4.67. The maximum Gasteiger partial charge on any atom is 0.277 e. The van der Waals surface area contributed by atoms with Gasteiger partial charge >= 0.3 is 0 Å². The summed E-state index contributed by atoms with van der Waals surface area (Å²) in [5, 5.41) is 12.7. The van der Waals surface area contributed by atoms with Gasteiger partial charge in [0.25, 0.3) is 5.91 Å².